The monoisotopic (exact) mass is 224 g/mol. The minimum atomic E-state index is 0.597. The van der Waals surface area contributed by atoms with Gasteiger partial charge in [0.1, 0.15) is 0 Å². The number of rotatable bonds is 2. The molecule has 0 aliphatic carbocycles. The van der Waals surface area contributed by atoms with Crippen molar-refractivity contribution in [3.8, 4) is 6.07 Å². The topological polar surface area (TPSA) is 74.7 Å². The van der Waals surface area contributed by atoms with E-state index in [0.717, 1.165) is 11.4 Å². The lowest BCUT2D eigenvalue weighted by molar-refractivity contribution is 1.20. The number of nitriles is 1. The summed E-state index contributed by atoms with van der Waals surface area (Å²) in [6.07, 6.45) is 0. The van der Waals surface area contributed by atoms with Crippen LogP contribution >= 0.6 is 0 Å². The summed E-state index contributed by atoms with van der Waals surface area (Å²) < 4.78 is 0. The molecule has 2 rings (SSSR count). The molecule has 0 unspecified atom stereocenters. The third-order valence-electron chi connectivity index (χ3n) is 2.34. The van der Waals surface area contributed by atoms with Crippen LogP contribution in [-0.2, 0) is 0 Å². The van der Waals surface area contributed by atoms with Crippen molar-refractivity contribution in [3.05, 3.63) is 47.7 Å². The molecule has 0 amide bonds. The molecule has 0 saturated heterocycles. The van der Waals surface area contributed by atoms with Gasteiger partial charge in [-0.05, 0) is 43.3 Å². The summed E-state index contributed by atoms with van der Waals surface area (Å²) in [5.41, 5.74) is 8.79. The first kappa shape index (κ1) is 11.0. The molecule has 1 heterocycles. The fourth-order valence-electron chi connectivity index (χ4n) is 1.43. The first-order valence-corrected chi connectivity index (χ1v) is 5.19. The van der Waals surface area contributed by atoms with Crippen LogP contribution in [0.25, 0.3) is 0 Å². The molecule has 4 heteroatoms. The van der Waals surface area contributed by atoms with Gasteiger partial charge in [0.15, 0.2) is 5.82 Å². The van der Waals surface area contributed by atoms with Crippen LogP contribution in [0, 0.1) is 18.3 Å². The first-order valence-electron chi connectivity index (χ1n) is 5.19. The number of pyridine rings is 1. The number of anilines is 3. The van der Waals surface area contributed by atoms with Crippen molar-refractivity contribution < 1.29 is 0 Å². The smallest absolute Gasteiger partial charge is 0.153 e. The van der Waals surface area contributed by atoms with E-state index >= 15 is 0 Å². The number of hydrogen-bond acceptors (Lipinski definition) is 4. The van der Waals surface area contributed by atoms with E-state index in [1.807, 2.05) is 31.2 Å². The molecule has 0 radical (unpaired) electrons. The van der Waals surface area contributed by atoms with Crippen molar-refractivity contribution in [1.82, 2.24) is 4.98 Å². The van der Waals surface area contributed by atoms with Crippen molar-refractivity contribution in [2.24, 2.45) is 0 Å². The lowest BCUT2D eigenvalue weighted by Crippen LogP contribution is -2.00. The fraction of sp³-hybridized carbons (Fsp3) is 0.0769. The van der Waals surface area contributed by atoms with Crippen molar-refractivity contribution in [2.45, 2.75) is 6.92 Å². The molecule has 0 spiro atoms. The zero-order chi connectivity index (χ0) is 12.3. The predicted molar refractivity (Wildman–Crippen MR) is 67.8 cm³/mol. The molecule has 0 aliphatic heterocycles. The van der Waals surface area contributed by atoms with Gasteiger partial charge in [-0.1, -0.05) is 0 Å². The Morgan fingerprint density at radius 2 is 1.88 bits per heavy atom. The Bertz CT molecular complexity index is 567. The molecule has 17 heavy (non-hydrogen) atoms. The third-order valence-corrected chi connectivity index (χ3v) is 2.34. The Balaban J connectivity index is 2.25. The minimum absolute atomic E-state index is 0.597. The van der Waals surface area contributed by atoms with Gasteiger partial charge in [0, 0.05) is 11.4 Å². The second-order valence-electron chi connectivity index (χ2n) is 3.70. The Morgan fingerprint density at radius 3 is 2.53 bits per heavy atom. The lowest BCUT2D eigenvalue weighted by Gasteiger charge is -2.08. The van der Waals surface area contributed by atoms with Gasteiger partial charge in [0.05, 0.1) is 17.3 Å². The van der Waals surface area contributed by atoms with Gasteiger partial charge in [-0.3, -0.25) is 0 Å². The van der Waals surface area contributed by atoms with Gasteiger partial charge >= 0.3 is 0 Å². The average Bonchev–Trinajstić information content (AvgIpc) is 2.35. The van der Waals surface area contributed by atoms with Crippen molar-refractivity contribution in [3.63, 3.8) is 0 Å². The molecule has 1 aromatic carbocycles. The van der Waals surface area contributed by atoms with Crippen LogP contribution in [0.3, 0.4) is 0 Å². The van der Waals surface area contributed by atoms with Crippen LogP contribution in [0.2, 0.25) is 0 Å². The number of hydrogen-bond donors (Lipinski definition) is 2. The fourth-order valence-corrected chi connectivity index (χ4v) is 1.43. The van der Waals surface area contributed by atoms with Crippen molar-refractivity contribution in [1.29, 1.82) is 5.26 Å². The normalized spacial score (nSPS) is 9.65. The van der Waals surface area contributed by atoms with E-state index in [1.54, 1.807) is 12.1 Å². The number of nitrogens with one attached hydrogen (secondary N) is 1. The van der Waals surface area contributed by atoms with Gasteiger partial charge in [-0.2, -0.15) is 5.26 Å². The highest BCUT2D eigenvalue weighted by Gasteiger charge is 2.01. The summed E-state index contributed by atoms with van der Waals surface area (Å²) in [4.78, 5) is 4.31. The standard InChI is InChI=1S/C13H12N4/c1-9-2-7-12(15)13(16-9)17-11-5-3-10(8-14)4-6-11/h2-7H,15H2,1H3,(H,16,17). The maximum absolute atomic E-state index is 8.70. The van der Waals surface area contributed by atoms with Crippen LogP contribution in [0.15, 0.2) is 36.4 Å². The molecule has 0 fully saturated rings. The van der Waals surface area contributed by atoms with Crippen molar-refractivity contribution >= 4 is 17.2 Å². The molecule has 1 aromatic heterocycles. The van der Waals surface area contributed by atoms with E-state index in [-0.39, 0.29) is 0 Å². The summed E-state index contributed by atoms with van der Waals surface area (Å²) >= 11 is 0. The van der Waals surface area contributed by atoms with Crippen LogP contribution in [0.4, 0.5) is 17.2 Å². The largest absolute Gasteiger partial charge is 0.396 e. The third kappa shape index (κ3) is 2.52. The molecule has 84 valence electrons. The molecule has 3 N–H and O–H groups in total. The number of nitrogens with zero attached hydrogens (tertiary/aromatic N) is 2. The van der Waals surface area contributed by atoms with Crippen LogP contribution < -0.4 is 11.1 Å². The number of nitrogens with two attached hydrogens (primary N) is 1. The van der Waals surface area contributed by atoms with E-state index in [9.17, 15) is 0 Å². The second-order valence-corrected chi connectivity index (χ2v) is 3.70. The van der Waals surface area contributed by atoms with Gasteiger partial charge < -0.3 is 11.1 Å². The van der Waals surface area contributed by atoms with E-state index < -0.39 is 0 Å². The minimum Gasteiger partial charge on any atom is -0.396 e. The Morgan fingerprint density at radius 1 is 1.18 bits per heavy atom. The van der Waals surface area contributed by atoms with Crippen LogP contribution in [-0.4, -0.2) is 4.98 Å². The zero-order valence-corrected chi connectivity index (χ0v) is 9.44. The summed E-state index contributed by atoms with van der Waals surface area (Å²) in [5, 5.41) is 11.8. The van der Waals surface area contributed by atoms with Gasteiger partial charge in [-0.15, -0.1) is 0 Å². The molecule has 4 nitrogen and oxygen atoms in total. The molecule has 2 aromatic rings. The molecular formula is C13H12N4. The van der Waals surface area contributed by atoms with Crippen LogP contribution in [0.1, 0.15) is 11.3 Å². The first-order chi connectivity index (χ1) is 8.19. The maximum Gasteiger partial charge on any atom is 0.153 e. The lowest BCUT2D eigenvalue weighted by atomic mass is 10.2. The quantitative estimate of drug-likeness (QED) is 0.822. The van der Waals surface area contributed by atoms with Gasteiger partial charge in [-0.25, -0.2) is 4.98 Å². The highest BCUT2D eigenvalue weighted by Crippen LogP contribution is 2.21. The average molecular weight is 224 g/mol. The number of nitrogen functional groups attached to an aromatic ring is 1. The van der Waals surface area contributed by atoms with Gasteiger partial charge in [0.2, 0.25) is 0 Å². The van der Waals surface area contributed by atoms with E-state index in [0.29, 0.717) is 17.1 Å². The number of benzene rings is 1. The predicted octanol–water partition coefficient (Wildman–Crippen LogP) is 2.59. The summed E-state index contributed by atoms with van der Waals surface area (Å²) in [7, 11) is 0. The highest BCUT2D eigenvalue weighted by molar-refractivity contribution is 5.68. The van der Waals surface area contributed by atoms with E-state index in [4.69, 9.17) is 11.0 Å². The Hall–Kier alpha value is -2.54. The SMILES string of the molecule is Cc1ccc(N)c(Nc2ccc(C#N)cc2)n1. The van der Waals surface area contributed by atoms with Crippen LogP contribution in [0.5, 0.6) is 0 Å². The summed E-state index contributed by atoms with van der Waals surface area (Å²) in [5.74, 6) is 0.634. The number of aromatic nitrogens is 1. The highest BCUT2D eigenvalue weighted by atomic mass is 15.0. The number of aryl methyl sites for hydroxylation is 1. The second kappa shape index (κ2) is 4.54. The molecule has 0 saturated carbocycles. The molecule has 0 aliphatic rings. The van der Waals surface area contributed by atoms with Crippen molar-refractivity contribution in [2.75, 3.05) is 11.1 Å². The van der Waals surface area contributed by atoms with E-state index in [1.165, 1.54) is 0 Å². The molecule has 0 atom stereocenters. The zero-order valence-electron chi connectivity index (χ0n) is 9.44. The van der Waals surface area contributed by atoms with Gasteiger partial charge in [0.25, 0.3) is 0 Å². The summed E-state index contributed by atoms with van der Waals surface area (Å²) in [6, 6.07) is 12.9. The Kier molecular flexibility index (Phi) is 2.93. The molecule has 0 bridgehead atoms. The Labute approximate surface area is 99.7 Å². The van der Waals surface area contributed by atoms with E-state index in [2.05, 4.69) is 16.4 Å². The summed E-state index contributed by atoms with van der Waals surface area (Å²) in [6.45, 7) is 1.91. The maximum atomic E-state index is 8.70. The molecular weight excluding hydrogens is 212 g/mol.